The fourth-order valence-corrected chi connectivity index (χ4v) is 4.63. The zero-order valence-electron chi connectivity index (χ0n) is 18.8. The highest BCUT2D eigenvalue weighted by Crippen LogP contribution is 2.32. The highest BCUT2D eigenvalue weighted by atomic mass is 16.2. The highest BCUT2D eigenvalue weighted by molar-refractivity contribution is 5.89. The molecule has 164 valence electrons. The number of rotatable bonds is 5. The van der Waals surface area contributed by atoms with Gasteiger partial charge in [-0.3, -0.25) is 4.79 Å². The molecule has 2 aromatic carbocycles. The lowest BCUT2D eigenvalue weighted by Gasteiger charge is -2.36. The van der Waals surface area contributed by atoms with Crippen molar-refractivity contribution in [2.75, 3.05) is 18.0 Å². The van der Waals surface area contributed by atoms with Gasteiger partial charge < -0.3 is 10.2 Å². The van der Waals surface area contributed by atoms with E-state index in [4.69, 9.17) is 9.97 Å². The molecule has 4 atom stereocenters. The molecule has 6 heteroatoms. The van der Waals surface area contributed by atoms with Crippen molar-refractivity contribution in [3.05, 3.63) is 65.9 Å². The van der Waals surface area contributed by atoms with Crippen molar-refractivity contribution < 1.29 is 4.79 Å². The van der Waals surface area contributed by atoms with Crippen molar-refractivity contribution in [3.8, 4) is 6.07 Å². The molecule has 0 bridgehead atoms. The summed E-state index contributed by atoms with van der Waals surface area (Å²) in [7, 11) is 0. The van der Waals surface area contributed by atoms with Crippen LogP contribution in [0.4, 0.5) is 5.82 Å². The molecule has 4 rings (SSSR count). The van der Waals surface area contributed by atoms with E-state index in [2.05, 4.69) is 30.1 Å². The minimum atomic E-state index is -1.04. The summed E-state index contributed by atoms with van der Waals surface area (Å²) >= 11 is 0. The second kappa shape index (κ2) is 9.35. The Morgan fingerprint density at radius 3 is 2.25 bits per heavy atom. The number of nitrogens with zero attached hydrogens (tertiary/aromatic N) is 4. The molecule has 1 aromatic heterocycles. The van der Waals surface area contributed by atoms with Gasteiger partial charge in [0, 0.05) is 13.1 Å². The van der Waals surface area contributed by atoms with Gasteiger partial charge in [0.1, 0.15) is 5.69 Å². The molecule has 1 saturated heterocycles. The molecule has 1 amide bonds. The lowest BCUT2D eigenvalue weighted by Crippen LogP contribution is -2.41. The second-order valence-electron chi connectivity index (χ2n) is 8.98. The molecule has 2 heterocycles. The lowest BCUT2D eigenvalue weighted by atomic mass is 9.91. The minimum Gasteiger partial charge on any atom is -0.355 e. The summed E-state index contributed by atoms with van der Waals surface area (Å²) in [6.45, 7) is 8.05. The second-order valence-corrected chi connectivity index (χ2v) is 8.98. The van der Waals surface area contributed by atoms with Crippen molar-refractivity contribution in [3.63, 3.8) is 0 Å². The normalized spacial score (nSPS) is 20.4. The lowest BCUT2D eigenvalue weighted by molar-refractivity contribution is -0.122. The average Bonchev–Trinajstić information content (AvgIpc) is 2.79. The quantitative estimate of drug-likeness (QED) is 0.644. The topological polar surface area (TPSA) is 81.9 Å². The number of para-hydroxylation sites is 2. The third-order valence-electron chi connectivity index (χ3n) is 6.07. The Hall–Kier alpha value is -3.46. The van der Waals surface area contributed by atoms with Gasteiger partial charge in [0.25, 0.3) is 0 Å². The number of piperidine rings is 1. The summed E-state index contributed by atoms with van der Waals surface area (Å²) < 4.78 is 0. The van der Waals surface area contributed by atoms with Gasteiger partial charge in [0.05, 0.1) is 23.1 Å². The minimum absolute atomic E-state index is 0.216. The molecule has 1 aliphatic rings. The Kier molecular flexibility index (Phi) is 6.36. The molecule has 1 N–H and O–H groups in total. The summed E-state index contributed by atoms with van der Waals surface area (Å²) in [4.78, 5) is 25.1. The number of carbonyl (C=O) groups excluding carboxylic acids is 1. The molecule has 32 heavy (non-hydrogen) atoms. The molecule has 3 aromatic rings. The predicted molar refractivity (Wildman–Crippen MR) is 126 cm³/mol. The zero-order valence-corrected chi connectivity index (χ0v) is 18.8. The number of amides is 1. The largest absolute Gasteiger partial charge is 0.355 e. The summed E-state index contributed by atoms with van der Waals surface area (Å²) in [6, 6.07) is 19.3. The van der Waals surface area contributed by atoms with Gasteiger partial charge in [-0.05, 0) is 42.9 Å². The van der Waals surface area contributed by atoms with E-state index in [1.54, 1.807) is 0 Å². The van der Waals surface area contributed by atoms with E-state index in [1.807, 2.05) is 61.5 Å². The number of nitrogens with one attached hydrogen (secondary N) is 1. The van der Waals surface area contributed by atoms with E-state index in [1.165, 1.54) is 0 Å². The standard InChI is InChI=1S/C26H29N5O/c1-17-13-18(2)16-31(15-17)25-24(29-22-11-7-8-12-23(22)30-25)21(14-27)26(32)28-19(3)20-9-5-4-6-10-20/h4-12,17-19,21H,13,15-16H2,1-3H3,(H,28,32)/t17-,18-,19+,21-/m0/s1. The van der Waals surface area contributed by atoms with Crippen molar-refractivity contribution in [1.82, 2.24) is 15.3 Å². The number of anilines is 1. The van der Waals surface area contributed by atoms with Crippen LogP contribution < -0.4 is 10.2 Å². The van der Waals surface area contributed by atoms with Crippen LogP contribution in [0.2, 0.25) is 0 Å². The zero-order chi connectivity index (χ0) is 22.7. The third kappa shape index (κ3) is 4.57. The van der Waals surface area contributed by atoms with E-state index < -0.39 is 5.92 Å². The first-order chi connectivity index (χ1) is 15.5. The first kappa shape index (κ1) is 21.8. The molecule has 1 fully saturated rings. The Balaban J connectivity index is 1.71. The number of hydrogen-bond acceptors (Lipinski definition) is 5. The van der Waals surface area contributed by atoms with Crippen LogP contribution in [0.5, 0.6) is 0 Å². The first-order valence-corrected chi connectivity index (χ1v) is 11.2. The van der Waals surface area contributed by atoms with Gasteiger partial charge in [0.2, 0.25) is 5.91 Å². The molecule has 0 unspecified atom stereocenters. The molecule has 0 radical (unpaired) electrons. The number of nitriles is 1. The van der Waals surface area contributed by atoms with E-state index in [9.17, 15) is 10.1 Å². The molecule has 1 aliphatic heterocycles. The maximum absolute atomic E-state index is 13.2. The van der Waals surface area contributed by atoms with Gasteiger partial charge in [-0.25, -0.2) is 9.97 Å². The van der Waals surface area contributed by atoms with E-state index >= 15 is 0 Å². The van der Waals surface area contributed by atoms with Crippen molar-refractivity contribution in [2.45, 2.75) is 39.2 Å². The predicted octanol–water partition coefficient (Wildman–Crippen LogP) is 4.60. The summed E-state index contributed by atoms with van der Waals surface area (Å²) in [5.74, 6) is 0.268. The van der Waals surface area contributed by atoms with Crippen LogP contribution in [0.1, 0.15) is 50.4 Å². The highest BCUT2D eigenvalue weighted by Gasteiger charge is 2.32. The van der Waals surface area contributed by atoms with Gasteiger partial charge in [0.15, 0.2) is 11.7 Å². The van der Waals surface area contributed by atoms with Crippen molar-refractivity contribution >= 4 is 22.8 Å². The van der Waals surface area contributed by atoms with Crippen LogP contribution in [-0.4, -0.2) is 29.0 Å². The van der Waals surface area contributed by atoms with Crippen LogP contribution in [0.3, 0.4) is 0 Å². The molecule has 0 saturated carbocycles. The number of fused-ring (bicyclic) bond motifs is 1. The van der Waals surface area contributed by atoms with Crippen LogP contribution in [-0.2, 0) is 4.79 Å². The van der Waals surface area contributed by atoms with Crippen LogP contribution in [0.25, 0.3) is 11.0 Å². The van der Waals surface area contributed by atoms with Crippen LogP contribution in [0.15, 0.2) is 54.6 Å². The van der Waals surface area contributed by atoms with Crippen LogP contribution >= 0.6 is 0 Å². The summed E-state index contributed by atoms with van der Waals surface area (Å²) in [5.41, 5.74) is 2.88. The Bertz CT molecular complexity index is 1130. The number of hydrogen-bond donors (Lipinski definition) is 1. The van der Waals surface area contributed by atoms with Gasteiger partial charge in [-0.2, -0.15) is 5.26 Å². The summed E-state index contributed by atoms with van der Waals surface area (Å²) in [5, 5.41) is 13.0. The first-order valence-electron chi connectivity index (χ1n) is 11.2. The molecular weight excluding hydrogens is 398 g/mol. The molecular formula is C26H29N5O. The molecule has 0 aliphatic carbocycles. The van der Waals surface area contributed by atoms with Gasteiger partial charge >= 0.3 is 0 Å². The number of carbonyl (C=O) groups is 1. The Morgan fingerprint density at radius 2 is 1.62 bits per heavy atom. The van der Waals surface area contributed by atoms with Gasteiger partial charge in [-0.1, -0.05) is 56.3 Å². The maximum Gasteiger partial charge on any atom is 0.244 e. The number of benzene rings is 2. The van der Waals surface area contributed by atoms with E-state index in [-0.39, 0.29) is 11.9 Å². The van der Waals surface area contributed by atoms with E-state index in [0.29, 0.717) is 28.9 Å². The molecule has 0 spiro atoms. The number of aromatic nitrogens is 2. The smallest absolute Gasteiger partial charge is 0.244 e. The fraction of sp³-hybridized carbons (Fsp3) is 0.385. The van der Waals surface area contributed by atoms with Gasteiger partial charge in [-0.15, -0.1) is 0 Å². The fourth-order valence-electron chi connectivity index (χ4n) is 4.63. The van der Waals surface area contributed by atoms with Crippen molar-refractivity contribution in [2.24, 2.45) is 11.8 Å². The Morgan fingerprint density at radius 1 is 1.03 bits per heavy atom. The SMILES string of the molecule is C[C@H]1C[C@H](C)CN(c2nc3ccccc3nc2[C@H](C#N)C(=O)N[C@H](C)c2ccccc2)C1. The monoisotopic (exact) mass is 427 g/mol. The third-order valence-corrected chi connectivity index (χ3v) is 6.07. The average molecular weight is 428 g/mol. The van der Waals surface area contributed by atoms with Crippen molar-refractivity contribution in [1.29, 1.82) is 5.26 Å². The van der Waals surface area contributed by atoms with Crippen LogP contribution in [0, 0.1) is 23.2 Å². The molecule has 6 nitrogen and oxygen atoms in total. The Labute approximate surface area is 189 Å². The maximum atomic E-state index is 13.2. The summed E-state index contributed by atoms with van der Waals surface area (Å²) in [6.07, 6.45) is 1.16. The van der Waals surface area contributed by atoms with E-state index in [0.717, 1.165) is 30.6 Å².